The van der Waals surface area contributed by atoms with E-state index in [-0.39, 0.29) is 12.0 Å². The molecule has 0 aliphatic heterocycles. The van der Waals surface area contributed by atoms with E-state index in [4.69, 9.17) is 16.3 Å². The second-order valence-corrected chi connectivity index (χ2v) is 9.58. The summed E-state index contributed by atoms with van der Waals surface area (Å²) in [4.78, 5) is 26.7. The Morgan fingerprint density at radius 3 is 2.42 bits per heavy atom. The standard InChI is InChI=1S/C27H31ClN2O3/c1-17(2)25-24(26(31)27(32)29-20-7-5-4-6-8-20)22-15-21(33-3)13-14-23(22)30(25)16-18-9-11-19(28)12-10-18/h9-15,17,20H,4-8,16H2,1-3H3,(H,29,32). The molecule has 0 radical (unpaired) electrons. The van der Waals surface area contributed by atoms with Crippen LogP contribution in [0.5, 0.6) is 5.75 Å². The van der Waals surface area contributed by atoms with Gasteiger partial charge in [-0.1, -0.05) is 56.8 Å². The van der Waals surface area contributed by atoms with E-state index in [0.29, 0.717) is 22.9 Å². The minimum atomic E-state index is -0.517. The Bertz CT molecular complexity index is 1160. The van der Waals surface area contributed by atoms with Gasteiger partial charge in [0.15, 0.2) is 0 Å². The average Bonchev–Trinajstić information content (AvgIpc) is 3.14. The molecule has 1 N–H and O–H groups in total. The number of hydrogen-bond donors (Lipinski definition) is 1. The maximum atomic E-state index is 13.6. The zero-order valence-electron chi connectivity index (χ0n) is 19.5. The maximum Gasteiger partial charge on any atom is 0.292 e. The highest BCUT2D eigenvalue weighted by atomic mass is 35.5. The predicted molar refractivity (Wildman–Crippen MR) is 132 cm³/mol. The Labute approximate surface area is 200 Å². The molecule has 33 heavy (non-hydrogen) atoms. The number of carbonyl (C=O) groups is 2. The summed E-state index contributed by atoms with van der Waals surface area (Å²) in [5, 5.41) is 4.42. The third-order valence-corrected chi connectivity index (χ3v) is 6.74. The van der Waals surface area contributed by atoms with Crippen LogP contribution in [0.2, 0.25) is 5.02 Å². The van der Waals surface area contributed by atoms with Crippen LogP contribution in [0.25, 0.3) is 10.9 Å². The second-order valence-electron chi connectivity index (χ2n) is 9.15. The Morgan fingerprint density at radius 2 is 1.79 bits per heavy atom. The molecule has 1 fully saturated rings. The quantitative estimate of drug-likeness (QED) is 0.337. The Kier molecular flexibility index (Phi) is 7.08. The van der Waals surface area contributed by atoms with E-state index in [9.17, 15) is 9.59 Å². The number of Topliss-reactive ketones (excluding diaryl/α,β-unsaturated/α-hetero) is 1. The molecule has 1 amide bonds. The van der Waals surface area contributed by atoms with E-state index < -0.39 is 11.7 Å². The summed E-state index contributed by atoms with van der Waals surface area (Å²) in [6.45, 7) is 4.68. The van der Waals surface area contributed by atoms with Crippen LogP contribution < -0.4 is 10.1 Å². The number of amides is 1. The molecule has 0 unspecified atom stereocenters. The molecule has 0 saturated heterocycles. The van der Waals surface area contributed by atoms with Crippen LogP contribution in [0.3, 0.4) is 0 Å². The topological polar surface area (TPSA) is 60.3 Å². The first-order chi connectivity index (χ1) is 15.9. The number of rotatable bonds is 7. The fourth-order valence-corrected chi connectivity index (χ4v) is 5.00. The van der Waals surface area contributed by atoms with Gasteiger partial charge in [0.2, 0.25) is 0 Å². The summed E-state index contributed by atoms with van der Waals surface area (Å²) in [5.74, 6) is -0.296. The van der Waals surface area contributed by atoms with Gasteiger partial charge in [0.05, 0.1) is 12.7 Å². The number of nitrogens with one attached hydrogen (secondary N) is 1. The molecule has 1 aromatic heterocycles. The molecule has 4 rings (SSSR count). The SMILES string of the molecule is COc1ccc2c(c1)c(C(=O)C(=O)NC1CCCCC1)c(C(C)C)n2Cc1ccc(Cl)cc1. The van der Waals surface area contributed by atoms with Crippen molar-refractivity contribution in [3.8, 4) is 5.75 Å². The van der Waals surface area contributed by atoms with Gasteiger partial charge >= 0.3 is 0 Å². The minimum Gasteiger partial charge on any atom is -0.497 e. The van der Waals surface area contributed by atoms with E-state index in [2.05, 4.69) is 23.7 Å². The van der Waals surface area contributed by atoms with Crippen molar-refractivity contribution < 1.29 is 14.3 Å². The van der Waals surface area contributed by atoms with E-state index in [1.54, 1.807) is 7.11 Å². The average molecular weight is 467 g/mol. The van der Waals surface area contributed by atoms with Crippen molar-refractivity contribution in [1.82, 2.24) is 9.88 Å². The molecule has 1 saturated carbocycles. The molecule has 3 aromatic rings. The predicted octanol–water partition coefficient (Wildman–Crippen LogP) is 6.11. The van der Waals surface area contributed by atoms with Crippen molar-refractivity contribution in [2.45, 2.75) is 64.5 Å². The maximum absolute atomic E-state index is 13.6. The number of benzene rings is 2. The number of methoxy groups -OCH3 is 1. The molecular formula is C27H31ClN2O3. The molecule has 1 heterocycles. The minimum absolute atomic E-state index is 0.0390. The fraction of sp³-hybridized carbons (Fsp3) is 0.407. The van der Waals surface area contributed by atoms with Gasteiger partial charge in [0.25, 0.3) is 11.7 Å². The Balaban J connectivity index is 1.81. The summed E-state index contributed by atoms with van der Waals surface area (Å²) in [6, 6.07) is 13.5. The lowest BCUT2D eigenvalue weighted by molar-refractivity contribution is -0.117. The summed E-state index contributed by atoms with van der Waals surface area (Å²) >= 11 is 6.08. The Morgan fingerprint density at radius 1 is 1.09 bits per heavy atom. The fourth-order valence-electron chi connectivity index (χ4n) is 4.87. The second kappa shape index (κ2) is 10.0. The summed E-state index contributed by atoms with van der Waals surface area (Å²) in [6.07, 6.45) is 5.24. The van der Waals surface area contributed by atoms with E-state index >= 15 is 0 Å². The van der Waals surface area contributed by atoms with Gasteiger partial charge in [-0.2, -0.15) is 0 Å². The number of hydrogen-bond acceptors (Lipinski definition) is 3. The van der Waals surface area contributed by atoms with Gasteiger partial charge in [-0.05, 0) is 54.7 Å². The molecule has 0 spiro atoms. The highest BCUT2D eigenvalue weighted by molar-refractivity contribution is 6.45. The van der Waals surface area contributed by atoms with Crippen molar-refractivity contribution in [2.75, 3.05) is 7.11 Å². The molecule has 5 nitrogen and oxygen atoms in total. The van der Waals surface area contributed by atoms with Crippen LogP contribution in [0.15, 0.2) is 42.5 Å². The van der Waals surface area contributed by atoms with Crippen LogP contribution in [0.4, 0.5) is 0 Å². The first-order valence-electron chi connectivity index (χ1n) is 11.7. The summed E-state index contributed by atoms with van der Waals surface area (Å²) in [7, 11) is 1.60. The third kappa shape index (κ3) is 4.93. The molecule has 6 heteroatoms. The molecular weight excluding hydrogens is 436 g/mol. The normalized spacial score (nSPS) is 14.6. The number of aromatic nitrogens is 1. The van der Waals surface area contributed by atoms with E-state index in [0.717, 1.165) is 47.8 Å². The van der Waals surface area contributed by atoms with Crippen molar-refractivity contribution in [2.24, 2.45) is 0 Å². The highest BCUT2D eigenvalue weighted by Crippen LogP contribution is 2.35. The zero-order valence-corrected chi connectivity index (χ0v) is 20.2. The molecule has 2 aromatic carbocycles. The van der Waals surface area contributed by atoms with Gasteiger partial charge in [-0.15, -0.1) is 0 Å². The van der Waals surface area contributed by atoms with Gasteiger partial charge in [-0.3, -0.25) is 9.59 Å². The lowest BCUT2D eigenvalue weighted by Crippen LogP contribution is -2.40. The van der Waals surface area contributed by atoms with Gasteiger partial charge < -0.3 is 14.6 Å². The van der Waals surface area contributed by atoms with Crippen LogP contribution >= 0.6 is 11.6 Å². The third-order valence-electron chi connectivity index (χ3n) is 6.49. The lowest BCUT2D eigenvalue weighted by Gasteiger charge is -2.22. The van der Waals surface area contributed by atoms with Crippen molar-refractivity contribution in [3.05, 3.63) is 64.3 Å². The first-order valence-corrected chi connectivity index (χ1v) is 12.1. The number of ether oxygens (including phenoxy) is 1. The molecule has 174 valence electrons. The summed E-state index contributed by atoms with van der Waals surface area (Å²) in [5.41, 5.74) is 3.31. The first kappa shape index (κ1) is 23.4. The van der Waals surface area contributed by atoms with Crippen molar-refractivity contribution in [1.29, 1.82) is 0 Å². The Hall–Kier alpha value is -2.79. The van der Waals surface area contributed by atoms with Crippen LogP contribution in [-0.4, -0.2) is 29.4 Å². The van der Waals surface area contributed by atoms with Crippen molar-refractivity contribution >= 4 is 34.2 Å². The van der Waals surface area contributed by atoms with Crippen LogP contribution in [-0.2, 0) is 11.3 Å². The van der Waals surface area contributed by atoms with Gasteiger partial charge in [0.1, 0.15) is 5.75 Å². The molecule has 1 aliphatic carbocycles. The van der Waals surface area contributed by atoms with E-state index in [1.165, 1.54) is 6.42 Å². The lowest BCUT2D eigenvalue weighted by atomic mass is 9.94. The number of ketones is 1. The molecule has 0 bridgehead atoms. The van der Waals surface area contributed by atoms with Crippen LogP contribution in [0, 0.1) is 0 Å². The van der Waals surface area contributed by atoms with E-state index in [1.807, 2.05) is 42.5 Å². The smallest absolute Gasteiger partial charge is 0.292 e. The van der Waals surface area contributed by atoms with Gasteiger partial charge in [-0.25, -0.2) is 0 Å². The highest BCUT2D eigenvalue weighted by Gasteiger charge is 2.30. The van der Waals surface area contributed by atoms with Crippen molar-refractivity contribution in [3.63, 3.8) is 0 Å². The largest absolute Gasteiger partial charge is 0.497 e. The number of nitrogens with zero attached hydrogens (tertiary/aromatic N) is 1. The summed E-state index contributed by atoms with van der Waals surface area (Å²) < 4.78 is 7.59. The molecule has 1 aliphatic rings. The van der Waals surface area contributed by atoms with Crippen LogP contribution in [0.1, 0.15) is 73.5 Å². The molecule has 0 atom stereocenters. The zero-order chi connectivity index (χ0) is 23.5. The number of halogens is 1. The monoisotopic (exact) mass is 466 g/mol. The van der Waals surface area contributed by atoms with Gasteiger partial charge in [0, 0.05) is 34.2 Å². The number of carbonyl (C=O) groups excluding carboxylic acids is 2. The number of fused-ring (bicyclic) bond motifs is 1.